The standard InChI is InChI=1S/C82H148NO8P/c1-6-8-10-12-14-16-18-20-22-24-26-28-30-32-34-36-38-40-41-43-45-47-49-51-53-55-57-59-61-63-65-67-69-71-73-75-82(85)91-80(79-90-92(86,87)89-77-76-83(3,4)5)78-88-81(84)74-72-70-68-66-64-62-60-58-56-54-52-50-48-46-44-42-39-37-35-33-31-29-27-25-23-21-19-17-15-13-11-9-7-2/h8,10,14,16,20,22,26,28,32,34,38,40,43,45,49,51,80H,6-7,9,11-13,15,17-19,21,23-25,27,29-31,33,35-37,39,41-42,44,46-48,50,52-79H2,1-5H3/b10-8-,16-14-,22-20-,28-26-,34-32-,40-38-,45-43-,51-49-. The molecule has 2 unspecified atom stereocenters. The third-order valence-electron chi connectivity index (χ3n) is 17.1. The van der Waals surface area contributed by atoms with Crippen molar-refractivity contribution in [2.24, 2.45) is 0 Å². The van der Waals surface area contributed by atoms with Crippen molar-refractivity contribution in [2.75, 3.05) is 47.5 Å². The summed E-state index contributed by atoms with van der Waals surface area (Å²) < 4.78 is 34.4. The third-order valence-corrected chi connectivity index (χ3v) is 18.1. The molecule has 0 spiro atoms. The molecule has 0 saturated heterocycles. The molecular weight excluding hydrogens is 1160 g/mol. The molecule has 0 aliphatic carbocycles. The maximum Gasteiger partial charge on any atom is 0.306 e. The Morgan fingerprint density at radius 3 is 0.924 bits per heavy atom. The smallest absolute Gasteiger partial charge is 0.306 e. The van der Waals surface area contributed by atoms with Gasteiger partial charge in [-0.3, -0.25) is 14.2 Å². The number of hydrogen-bond donors (Lipinski definition) is 0. The van der Waals surface area contributed by atoms with Crippen LogP contribution < -0.4 is 4.89 Å². The largest absolute Gasteiger partial charge is 0.756 e. The highest BCUT2D eigenvalue weighted by Crippen LogP contribution is 2.38. The lowest BCUT2D eigenvalue weighted by atomic mass is 10.0. The van der Waals surface area contributed by atoms with Crippen LogP contribution in [0.4, 0.5) is 0 Å². The van der Waals surface area contributed by atoms with Crippen LogP contribution in [0.15, 0.2) is 97.2 Å². The van der Waals surface area contributed by atoms with E-state index in [1.54, 1.807) is 0 Å². The lowest BCUT2D eigenvalue weighted by molar-refractivity contribution is -0.870. The Balaban J connectivity index is 4.00. The van der Waals surface area contributed by atoms with Crippen LogP contribution in [-0.4, -0.2) is 70.0 Å². The number of unbranched alkanes of at least 4 members (excludes halogenated alkanes) is 42. The zero-order valence-electron chi connectivity index (χ0n) is 61.0. The van der Waals surface area contributed by atoms with Crippen LogP contribution in [0.2, 0.25) is 0 Å². The van der Waals surface area contributed by atoms with E-state index in [0.29, 0.717) is 17.4 Å². The molecule has 0 fully saturated rings. The van der Waals surface area contributed by atoms with Crippen molar-refractivity contribution >= 4 is 19.8 Å². The average Bonchev–Trinajstić information content (AvgIpc) is 2.14. The van der Waals surface area contributed by atoms with E-state index in [9.17, 15) is 19.0 Å². The normalized spacial score (nSPS) is 13.6. The van der Waals surface area contributed by atoms with Gasteiger partial charge >= 0.3 is 11.9 Å². The van der Waals surface area contributed by atoms with E-state index in [2.05, 4.69) is 111 Å². The average molecular weight is 1310 g/mol. The summed E-state index contributed by atoms with van der Waals surface area (Å²) in [5.74, 6) is -0.826. The number of likely N-dealkylation sites (N-methyl/N-ethyl adjacent to an activating group) is 1. The minimum atomic E-state index is -4.65. The van der Waals surface area contributed by atoms with Gasteiger partial charge in [0.25, 0.3) is 7.82 Å². The molecule has 0 bridgehead atoms. The Labute approximate surface area is 570 Å². The van der Waals surface area contributed by atoms with Crippen LogP contribution in [0.5, 0.6) is 0 Å². The number of esters is 2. The molecule has 0 N–H and O–H groups in total. The van der Waals surface area contributed by atoms with Crippen LogP contribution in [0.3, 0.4) is 0 Å². The number of allylic oxidation sites excluding steroid dienone is 16. The fourth-order valence-corrected chi connectivity index (χ4v) is 11.9. The van der Waals surface area contributed by atoms with Gasteiger partial charge in [-0.1, -0.05) is 368 Å². The summed E-state index contributed by atoms with van der Waals surface area (Å²) in [6.45, 7) is 4.17. The van der Waals surface area contributed by atoms with Crippen LogP contribution in [0, 0.1) is 0 Å². The number of carbonyl (C=O) groups excluding carboxylic acids is 2. The Morgan fingerprint density at radius 1 is 0.348 bits per heavy atom. The Hall–Kier alpha value is -3.07. The van der Waals surface area contributed by atoms with Gasteiger partial charge in [0.1, 0.15) is 19.8 Å². The fourth-order valence-electron chi connectivity index (χ4n) is 11.2. The molecule has 0 aromatic rings. The molecule has 9 nitrogen and oxygen atoms in total. The van der Waals surface area contributed by atoms with E-state index in [4.69, 9.17) is 18.5 Å². The quantitative estimate of drug-likeness (QED) is 0.0195. The van der Waals surface area contributed by atoms with Crippen LogP contribution >= 0.6 is 7.82 Å². The van der Waals surface area contributed by atoms with Gasteiger partial charge in [-0.2, -0.15) is 0 Å². The third kappa shape index (κ3) is 76.0. The van der Waals surface area contributed by atoms with E-state index in [0.717, 1.165) is 96.3 Å². The molecule has 0 amide bonds. The summed E-state index contributed by atoms with van der Waals surface area (Å²) >= 11 is 0. The summed E-state index contributed by atoms with van der Waals surface area (Å²) in [5, 5.41) is 0. The topological polar surface area (TPSA) is 111 Å². The zero-order valence-corrected chi connectivity index (χ0v) is 61.9. The second-order valence-electron chi connectivity index (χ2n) is 27.4. The molecule has 0 saturated carbocycles. The molecule has 0 radical (unpaired) electrons. The molecular formula is C82H148NO8P. The molecule has 534 valence electrons. The summed E-state index contributed by atoms with van der Waals surface area (Å²) in [5.41, 5.74) is 0. The second kappa shape index (κ2) is 72.2. The fraction of sp³-hybridized carbons (Fsp3) is 0.780. The molecule has 0 aromatic carbocycles. The van der Waals surface area contributed by atoms with Crippen LogP contribution in [0.1, 0.15) is 361 Å². The number of rotatable bonds is 72. The lowest BCUT2D eigenvalue weighted by Gasteiger charge is -2.28. The van der Waals surface area contributed by atoms with E-state index in [1.165, 1.54) is 231 Å². The van der Waals surface area contributed by atoms with Crippen LogP contribution in [0.25, 0.3) is 0 Å². The number of carbonyl (C=O) groups is 2. The highest BCUT2D eigenvalue weighted by molar-refractivity contribution is 7.45. The Morgan fingerprint density at radius 2 is 0.620 bits per heavy atom. The van der Waals surface area contributed by atoms with Crippen molar-refractivity contribution in [1.29, 1.82) is 0 Å². The number of nitrogens with zero attached hydrogens (tertiary/aromatic N) is 1. The zero-order chi connectivity index (χ0) is 66.9. The molecule has 0 aromatic heterocycles. The summed E-state index contributed by atoms with van der Waals surface area (Å²) in [7, 11) is 1.17. The SMILES string of the molecule is CC/C=C\C/C=C\C/C=C\C/C=C\C/C=C\C/C=C\C/C=C\C/C=C\CCCCCCCCCCCCC(=O)OC(COC(=O)CCCCCCCCCCCCCCCCCCCCCCCCCCCCCCCCCCC)COP(=O)([O-])OCC[N+](C)(C)C. The molecule has 0 aliphatic heterocycles. The van der Waals surface area contributed by atoms with E-state index < -0.39 is 26.5 Å². The number of quaternary nitrogens is 1. The molecule has 0 heterocycles. The number of phosphoric acid groups is 1. The molecule has 0 aliphatic rings. The van der Waals surface area contributed by atoms with Crippen molar-refractivity contribution in [3.8, 4) is 0 Å². The summed E-state index contributed by atoms with van der Waals surface area (Å²) in [6.07, 6.45) is 101. The van der Waals surface area contributed by atoms with Crippen molar-refractivity contribution < 1.29 is 42.1 Å². The van der Waals surface area contributed by atoms with Crippen molar-refractivity contribution in [3.05, 3.63) is 97.2 Å². The van der Waals surface area contributed by atoms with Gasteiger partial charge in [0.05, 0.1) is 27.7 Å². The first-order chi connectivity index (χ1) is 45.0. The highest BCUT2D eigenvalue weighted by Gasteiger charge is 2.22. The van der Waals surface area contributed by atoms with Gasteiger partial charge in [0, 0.05) is 12.8 Å². The Kier molecular flexibility index (Phi) is 69.8. The lowest BCUT2D eigenvalue weighted by Crippen LogP contribution is -2.37. The van der Waals surface area contributed by atoms with Gasteiger partial charge < -0.3 is 27.9 Å². The minimum Gasteiger partial charge on any atom is -0.756 e. The van der Waals surface area contributed by atoms with Crippen molar-refractivity contribution in [2.45, 2.75) is 367 Å². The van der Waals surface area contributed by atoms with Crippen molar-refractivity contribution in [3.63, 3.8) is 0 Å². The van der Waals surface area contributed by atoms with E-state index >= 15 is 0 Å². The molecule has 92 heavy (non-hydrogen) atoms. The monoisotopic (exact) mass is 1310 g/mol. The predicted molar refractivity (Wildman–Crippen MR) is 397 cm³/mol. The van der Waals surface area contributed by atoms with Gasteiger partial charge in [-0.05, 0) is 77.0 Å². The minimum absolute atomic E-state index is 0.0337. The number of hydrogen-bond acceptors (Lipinski definition) is 8. The first-order valence-corrected chi connectivity index (χ1v) is 40.4. The number of ether oxygens (including phenoxy) is 2. The van der Waals surface area contributed by atoms with Gasteiger partial charge in [0.2, 0.25) is 0 Å². The number of phosphoric ester groups is 1. The summed E-state index contributed by atoms with van der Waals surface area (Å²) in [6, 6.07) is 0. The van der Waals surface area contributed by atoms with Crippen molar-refractivity contribution in [1.82, 2.24) is 0 Å². The van der Waals surface area contributed by atoms with Gasteiger partial charge in [-0.15, -0.1) is 0 Å². The predicted octanol–water partition coefficient (Wildman–Crippen LogP) is 25.2. The highest BCUT2D eigenvalue weighted by atomic mass is 31.2. The Bertz CT molecular complexity index is 1880. The van der Waals surface area contributed by atoms with Crippen LogP contribution in [-0.2, 0) is 32.7 Å². The van der Waals surface area contributed by atoms with Gasteiger partial charge in [0.15, 0.2) is 6.10 Å². The first kappa shape index (κ1) is 88.9. The maximum absolute atomic E-state index is 12.9. The second-order valence-corrected chi connectivity index (χ2v) is 28.8. The van der Waals surface area contributed by atoms with Gasteiger partial charge in [-0.25, -0.2) is 0 Å². The first-order valence-electron chi connectivity index (χ1n) is 38.9. The summed E-state index contributed by atoms with van der Waals surface area (Å²) in [4.78, 5) is 38.2. The van der Waals surface area contributed by atoms with E-state index in [-0.39, 0.29) is 32.0 Å². The van der Waals surface area contributed by atoms with E-state index in [1.807, 2.05) is 21.1 Å². The molecule has 10 heteroatoms. The molecule has 0 rings (SSSR count). The maximum atomic E-state index is 12.9. The molecule has 2 atom stereocenters.